The van der Waals surface area contributed by atoms with E-state index in [4.69, 9.17) is 4.74 Å². The highest BCUT2D eigenvalue weighted by atomic mass is 16.6. The zero-order valence-corrected chi connectivity index (χ0v) is 11.3. The number of hydrogen-bond acceptors (Lipinski definition) is 4. The van der Waals surface area contributed by atoms with Crippen molar-refractivity contribution in [2.24, 2.45) is 0 Å². The fourth-order valence-electron chi connectivity index (χ4n) is 1.45. The molecule has 1 aromatic rings. The van der Waals surface area contributed by atoms with Crippen molar-refractivity contribution in [1.82, 2.24) is 5.32 Å². The normalized spacial score (nSPS) is 11.7. The second-order valence-corrected chi connectivity index (χ2v) is 4.39. The van der Waals surface area contributed by atoms with Crippen LogP contribution >= 0.6 is 0 Å². The third kappa shape index (κ3) is 4.57. The summed E-state index contributed by atoms with van der Waals surface area (Å²) in [4.78, 5) is 21.9. The Bertz CT molecular complexity index is 474. The van der Waals surface area contributed by atoms with Crippen LogP contribution in [-0.2, 0) is 4.79 Å². The summed E-state index contributed by atoms with van der Waals surface area (Å²) >= 11 is 0. The van der Waals surface area contributed by atoms with E-state index < -0.39 is 4.92 Å². The van der Waals surface area contributed by atoms with Gasteiger partial charge in [-0.2, -0.15) is 0 Å². The Kier molecular flexibility index (Phi) is 5.29. The predicted molar refractivity (Wildman–Crippen MR) is 71.2 cm³/mol. The number of nitro benzene ring substituents is 1. The van der Waals surface area contributed by atoms with Gasteiger partial charge in [-0.1, -0.05) is 13.0 Å². The molecule has 1 amide bonds. The van der Waals surface area contributed by atoms with Gasteiger partial charge in [-0.15, -0.1) is 0 Å². The first-order valence-corrected chi connectivity index (χ1v) is 6.11. The first-order chi connectivity index (χ1) is 8.93. The highest BCUT2D eigenvalue weighted by Gasteiger charge is 2.16. The van der Waals surface area contributed by atoms with Crippen LogP contribution in [0.4, 0.5) is 5.69 Å². The minimum Gasteiger partial charge on any atom is -0.477 e. The number of ether oxygens (including phenoxy) is 1. The van der Waals surface area contributed by atoms with Crippen LogP contribution in [0.15, 0.2) is 18.2 Å². The SMILES string of the molecule is CC[C@@H](C)NC(=O)COc1ccc(C)cc1[N+](=O)[O-]. The summed E-state index contributed by atoms with van der Waals surface area (Å²) in [5, 5.41) is 13.6. The van der Waals surface area contributed by atoms with Crippen LogP contribution in [0.2, 0.25) is 0 Å². The molecular weight excluding hydrogens is 248 g/mol. The highest BCUT2D eigenvalue weighted by molar-refractivity contribution is 5.77. The van der Waals surface area contributed by atoms with Gasteiger partial charge in [0.15, 0.2) is 12.4 Å². The summed E-state index contributed by atoms with van der Waals surface area (Å²) < 4.78 is 5.21. The van der Waals surface area contributed by atoms with Gasteiger partial charge in [-0.25, -0.2) is 0 Å². The minimum atomic E-state index is -0.519. The molecule has 0 aromatic heterocycles. The second kappa shape index (κ2) is 6.72. The zero-order valence-electron chi connectivity index (χ0n) is 11.3. The quantitative estimate of drug-likeness (QED) is 0.632. The van der Waals surface area contributed by atoms with E-state index >= 15 is 0 Å². The summed E-state index contributed by atoms with van der Waals surface area (Å²) in [6, 6.07) is 4.69. The van der Waals surface area contributed by atoms with E-state index in [1.54, 1.807) is 13.0 Å². The standard InChI is InChI=1S/C13H18N2O4/c1-4-10(3)14-13(16)8-19-12-6-5-9(2)7-11(12)15(17)18/h5-7,10H,4,8H2,1-3H3,(H,14,16)/t10-/m1/s1. The summed E-state index contributed by atoms with van der Waals surface area (Å²) in [6.07, 6.45) is 0.816. The Labute approximate surface area is 111 Å². The van der Waals surface area contributed by atoms with Gasteiger partial charge in [0.25, 0.3) is 5.91 Å². The Hall–Kier alpha value is -2.11. The van der Waals surface area contributed by atoms with Gasteiger partial charge in [0.2, 0.25) is 0 Å². The molecular formula is C13H18N2O4. The monoisotopic (exact) mass is 266 g/mol. The molecule has 1 N–H and O–H groups in total. The molecule has 0 aliphatic carbocycles. The molecule has 6 nitrogen and oxygen atoms in total. The Morgan fingerprint density at radius 2 is 2.21 bits per heavy atom. The predicted octanol–water partition coefficient (Wildman–Crippen LogP) is 2.20. The number of rotatable bonds is 6. The zero-order chi connectivity index (χ0) is 14.4. The summed E-state index contributed by atoms with van der Waals surface area (Å²) in [5.41, 5.74) is 0.638. The van der Waals surface area contributed by atoms with Crippen LogP contribution < -0.4 is 10.1 Å². The number of hydrogen-bond donors (Lipinski definition) is 1. The van der Waals surface area contributed by atoms with Crippen LogP contribution in [0, 0.1) is 17.0 Å². The van der Waals surface area contributed by atoms with Gasteiger partial charge in [0.1, 0.15) is 0 Å². The number of carbonyl (C=O) groups excluding carboxylic acids is 1. The smallest absolute Gasteiger partial charge is 0.311 e. The fourth-order valence-corrected chi connectivity index (χ4v) is 1.45. The van der Waals surface area contributed by atoms with Crippen molar-refractivity contribution in [3.8, 4) is 5.75 Å². The van der Waals surface area contributed by atoms with E-state index in [-0.39, 0.29) is 30.0 Å². The third-order valence-electron chi connectivity index (χ3n) is 2.69. The lowest BCUT2D eigenvalue weighted by Crippen LogP contribution is -2.35. The molecule has 0 fully saturated rings. The van der Waals surface area contributed by atoms with Crippen molar-refractivity contribution in [2.75, 3.05) is 6.61 Å². The van der Waals surface area contributed by atoms with Gasteiger partial charge in [-0.3, -0.25) is 14.9 Å². The molecule has 0 aliphatic rings. The Balaban J connectivity index is 2.67. The molecule has 104 valence electrons. The van der Waals surface area contributed by atoms with E-state index in [9.17, 15) is 14.9 Å². The molecule has 0 radical (unpaired) electrons. The Morgan fingerprint density at radius 1 is 1.53 bits per heavy atom. The lowest BCUT2D eigenvalue weighted by Gasteiger charge is -2.12. The first-order valence-electron chi connectivity index (χ1n) is 6.11. The van der Waals surface area contributed by atoms with E-state index in [1.165, 1.54) is 12.1 Å². The largest absolute Gasteiger partial charge is 0.477 e. The number of nitro groups is 1. The van der Waals surface area contributed by atoms with Crippen molar-refractivity contribution in [2.45, 2.75) is 33.2 Å². The molecule has 6 heteroatoms. The maximum atomic E-state index is 11.5. The van der Waals surface area contributed by atoms with Gasteiger partial charge in [-0.05, 0) is 31.9 Å². The molecule has 0 spiro atoms. The molecule has 0 unspecified atom stereocenters. The number of aryl methyl sites for hydroxylation is 1. The average Bonchev–Trinajstić information content (AvgIpc) is 2.36. The lowest BCUT2D eigenvalue weighted by molar-refractivity contribution is -0.385. The Morgan fingerprint density at radius 3 is 2.79 bits per heavy atom. The fraction of sp³-hybridized carbons (Fsp3) is 0.462. The third-order valence-corrected chi connectivity index (χ3v) is 2.69. The number of nitrogens with one attached hydrogen (secondary N) is 1. The summed E-state index contributed by atoms with van der Waals surface area (Å²) in [6.45, 7) is 5.36. The molecule has 1 atom stereocenters. The minimum absolute atomic E-state index is 0.0594. The van der Waals surface area contributed by atoms with Gasteiger partial charge in [0.05, 0.1) is 4.92 Å². The maximum Gasteiger partial charge on any atom is 0.311 e. The average molecular weight is 266 g/mol. The van der Waals surface area contributed by atoms with Crippen molar-refractivity contribution >= 4 is 11.6 Å². The van der Waals surface area contributed by atoms with Crippen molar-refractivity contribution in [3.63, 3.8) is 0 Å². The maximum absolute atomic E-state index is 11.5. The number of carbonyl (C=O) groups is 1. The van der Waals surface area contributed by atoms with Gasteiger partial charge in [0, 0.05) is 12.1 Å². The molecule has 0 aliphatic heterocycles. The molecule has 0 bridgehead atoms. The molecule has 1 rings (SSSR count). The van der Waals surface area contributed by atoms with Gasteiger partial charge < -0.3 is 10.1 Å². The van der Waals surface area contributed by atoms with E-state index in [0.29, 0.717) is 0 Å². The summed E-state index contributed by atoms with van der Waals surface area (Å²) in [5.74, 6) is -0.181. The molecule has 1 aromatic carbocycles. The molecule has 19 heavy (non-hydrogen) atoms. The van der Waals surface area contributed by atoms with Crippen molar-refractivity contribution in [3.05, 3.63) is 33.9 Å². The number of benzene rings is 1. The second-order valence-electron chi connectivity index (χ2n) is 4.39. The van der Waals surface area contributed by atoms with E-state index in [1.807, 2.05) is 13.8 Å². The van der Waals surface area contributed by atoms with E-state index in [2.05, 4.69) is 5.32 Å². The number of nitrogens with zero attached hydrogens (tertiary/aromatic N) is 1. The summed E-state index contributed by atoms with van der Waals surface area (Å²) in [7, 11) is 0. The van der Waals surface area contributed by atoms with Crippen LogP contribution in [0.3, 0.4) is 0 Å². The van der Waals surface area contributed by atoms with Crippen LogP contribution in [0.1, 0.15) is 25.8 Å². The van der Waals surface area contributed by atoms with Crippen molar-refractivity contribution in [1.29, 1.82) is 0 Å². The highest BCUT2D eigenvalue weighted by Crippen LogP contribution is 2.27. The number of amides is 1. The topological polar surface area (TPSA) is 81.5 Å². The van der Waals surface area contributed by atoms with E-state index in [0.717, 1.165) is 12.0 Å². The first kappa shape index (κ1) is 14.9. The van der Waals surface area contributed by atoms with Crippen LogP contribution in [0.5, 0.6) is 5.75 Å². The van der Waals surface area contributed by atoms with Crippen LogP contribution in [0.25, 0.3) is 0 Å². The van der Waals surface area contributed by atoms with Crippen LogP contribution in [-0.4, -0.2) is 23.5 Å². The molecule has 0 saturated heterocycles. The van der Waals surface area contributed by atoms with Gasteiger partial charge >= 0.3 is 5.69 Å². The van der Waals surface area contributed by atoms with Crippen molar-refractivity contribution < 1.29 is 14.5 Å². The molecule has 0 heterocycles. The lowest BCUT2D eigenvalue weighted by atomic mass is 10.2. The molecule has 0 saturated carbocycles.